The van der Waals surface area contributed by atoms with Gasteiger partial charge < -0.3 is 26.9 Å². The molecule has 2 fully saturated rings. The third kappa shape index (κ3) is 42.8. The minimum atomic E-state index is 0. The fraction of sp³-hybridized carbons (Fsp3) is 0.833. The molecular weight excluding hydrogens is 466 g/mol. The Balaban J connectivity index is -0.0000000849. The van der Waals surface area contributed by atoms with Crippen LogP contribution >= 0.6 is 11.6 Å². The minimum Gasteiger partial charge on any atom is -0.330 e. The van der Waals surface area contributed by atoms with E-state index in [1.54, 1.807) is 0 Å². The standard InChI is InChI=1S/C10H16N4.C4H10N2.C3H4ClN.C3H10N2.CH2O.3CH4/c11-4-1-6-13-8-3-9-14(10-13)7-2-5-12;1-2-5-4-6-3-1;2*4-2-1-3-5;1-2;;;/h1-3,6-10H2;5-6H,1-4H2;1-2H2;1-5H2;1H2;3*1H4. The first-order valence-corrected chi connectivity index (χ1v) is 11.5. The Bertz CT molecular complexity index is 451. The third-order valence-electron chi connectivity index (χ3n) is 4.00. The number of nitrogens with zero attached hydrogens (tertiary/aromatic N) is 5. The summed E-state index contributed by atoms with van der Waals surface area (Å²) < 4.78 is 0. The number of carbonyl (C=O) groups is 1. The van der Waals surface area contributed by atoms with Gasteiger partial charge in [0.15, 0.2) is 0 Å². The van der Waals surface area contributed by atoms with E-state index in [-0.39, 0.29) is 22.3 Å². The quantitative estimate of drug-likeness (QED) is 0.366. The summed E-state index contributed by atoms with van der Waals surface area (Å²) in [5.41, 5.74) is 10.1. The normalized spacial score (nSPS) is 13.8. The number of hydrogen-bond acceptors (Lipinski definition) is 10. The van der Waals surface area contributed by atoms with Crippen molar-refractivity contribution in [1.29, 1.82) is 15.8 Å². The Hall–Kier alpha value is -1.81. The van der Waals surface area contributed by atoms with Gasteiger partial charge in [0.1, 0.15) is 6.79 Å². The fourth-order valence-corrected chi connectivity index (χ4v) is 2.57. The molecule has 0 aliphatic carbocycles. The van der Waals surface area contributed by atoms with Crippen molar-refractivity contribution in [2.45, 2.75) is 60.8 Å². The molecule has 6 N–H and O–H groups in total. The first kappa shape index (κ1) is 46.5. The van der Waals surface area contributed by atoms with Gasteiger partial charge in [0.25, 0.3) is 0 Å². The molecule has 2 aliphatic heterocycles. The topological polar surface area (TPSA) is 171 Å². The van der Waals surface area contributed by atoms with Crippen LogP contribution in [0, 0.1) is 34.0 Å². The molecule has 11 heteroatoms. The van der Waals surface area contributed by atoms with E-state index in [1.807, 2.05) is 12.9 Å². The van der Waals surface area contributed by atoms with Crippen molar-refractivity contribution in [2.75, 3.05) is 71.6 Å². The van der Waals surface area contributed by atoms with Crippen molar-refractivity contribution in [3.05, 3.63) is 0 Å². The Morgan fingerprint density at radius 1 is 0.800 bits per heavy atom. The number of halogens is 1. The van der Waals surface area contributed by atoms with E-state index >= 15 is 0 Å². The highest BCUT2D eigenvalue weighted by Crippen LogP contribution is 2.06. The second-order valence-corrected chi connectivity index (χ2v) is 6.98. The number of nitrogens with two attached hydrogens (primary N) is 2. The van der Waals surface area contributed by atoms with E-state index in [0.29, 0.717) is 25.1 Å². The molecule has 10 nitrogen and oxygen atoms in total. The first-order chi connectivity index (χ1) is 15.7. The largest absolute Gasteiger partial charge is 0.330 e. The highest BCUT2D eigenvalue weighted by atomic mass is 35.5. The molecule has 2 saturated heterocycles. The lowest BCUT2D eigenvalue weighted by molar-refractivity contribution is -0.0980. The molecule has 0 bridgehead atoms. The summed E-state index contributed by atoms with van der Waals surface area (Å²) in [6.07, 6.45) is 5.04. The zero-order valence-corrected chi connectivity index (χ0v) is 20.2. The van der Waals surface area contributed by atoms with Crippen LogP contribution in [0.3, 0.4) is 0 Å². The van der Waals surface area contributed by atoms with Gasteiger partial charge in [-0.05, 0) is 45.4 Å². The average Bonchev–Trinajstić information content (AvgIpc) is 2.86. The molecule has 208 valence electrons. The monoisotopic (exact) mass is 519 g/mol. The molecular formula is C24H54ClN9O. The van der Waals surface area contributed by atoms with Crippen molar-refractivity contribution in [3.63, 3.8) is 0 Å². The van der Waals surface area contributed by atoms with Crippen LogP contribution in [0.2, 0.25) is 0 Å². The fourth-order valence-electron chi connectivity index (χ4n) is 2.49. The van der Waals surface area contributed by atoms with Gasteiger partial charge >= 0.3 is 0 Å². The van der Waals surface area contributed by atoms with Gasteiger partial charge in [0.05, 0.1) is 24.9 Å². The maximum Gasteiger partial charge on any atom is 0.106 e. The number of hydrogen-bond donors (Lipinski definition) is 4. The van der Waals surface area contributed by atoms with Crippen molar-refractivity contribution in [2.24, 2.45) is 11.5 Å². The van der Waals surface area contributed by atoms with Gasteiger partial charge in [0.2, 0.25) is 0 Å². The van der Waals surface area contributed by atoms with Gasteiger partial charge in [0, 0.05) is 58.0 Å². The molecule has 0 amide bonds. The molecule has 0 aromatic carbocycles. The van der Waals surface area contributed by atoms with Crippen LogP contribution < -0.4 is 22.1 Å². The lowest BCUT2D eigenvalue weighted by Gasteiger charge is -2.34. The van der Waals surface area contributed by atoms with Crippen molar-refractivity contribution in [3.8, 4) is 18.2 Å². The lowest BCUT2D eigenvalue weighted by atomic mass is 10.2. The summed E-state index contributed by atoms with van der Waals surface area (Å²) in [7, 11) is 0. The van der Waals surface area contributed by atoms with Gasteiger partial charge in [-0.25, -0.2) is 0 Å². The van der Waals surface area contributed by atoms with Crippen molar-refractivity contribution < 1.29 is 4.79 Å². The summed E-state index contributed by atoms with van der Waals surface area (Å²) in [4.78, 5) is 12.6. The smallest absolute Gasteiger partial charge is 0.106 e. The summed E-state index contributed by atoms with van der Waals surface area (Å²) in [5, 5.41) is 31.0. The minimum absolute atomic E-state index is 0. The molecule has 2 aliphatic rings. The zero-order chi connectivity index (χ0) is 24.7. The molecule has 0 saturated carbocycles. The van der Waals surface area contributed by atoms with E-state index < -0.39 is 0 Å². The summed E-state index contributed by atoms with van der Waals surface area (Å²) in [5.74, 6) is 0.455. The molecule has 0 aromatic rings. The lowest BCUT2D eigenvalue weighted by Crippen LogP contribution is -2.45. The van der Waals surface area contributed by atoms with Crippen LogP contribution in [0.4, 0.5) is 0 Å². The number of nitriles is 3. The second-order valence-electron chi connectivity index (χ2n) is 6.61. The predicted octanol–water partition coefficient (Wildman–Crippen LogP) is 2.46. The number of rotatable bonds is 7. The first-order valence-electron chi connectivity index (χ1n) is 10.9. The molecule has 0 aromatic heterocycles. The number of nitrogens with one attached hydrogen (secondary N) is 2. The van der Waals surface area contributed by atoms with E-state index in [9.17, 15) is 0 Å². The van der Waals surface area contributed by atoms with Crippen LogP contribution in [0.25, 0.3) is 0 Å². The van der Waals surface area contributed by atoms with E-state index in [0.717, 1.165) is 65.4 Å². The van der Waals surface area contributed by atoms with Crippen LogP contribution in [0.5, 0.6) is 0 Å². The molecule has 2 heterocycles. The van der Waals surface area contributed by atoms with Gasteiger partial charge in [-0.2, -0.15) is 15.8 Å². The summed E-state index contributed by atoms with van der Waals surface area (Å²) in [6.45, 7) is 11.6. The van der Waals surface area contributed by atoms with E-state index in [1.165, 1.54) is 19.5 Å². The summed E-state index contributed by atoms with van der Waals surface area (Å²) >= 11 is 5.08. The Kier molecular flexibility index (Phi) is 60.7. The molecule has 0 spiro atoms. The summed E-state index contributed by atoms with van der Waals surface area (Å²) in [6, 6.07) is 6.21. The predicted molar refractivity (Wildman–Crippen MR) is 150 cm³/mol. The highest BCUT2D eigenvalue weighted by Gasteiger charge is 2.15. The average molecular weight is 520 g/mol. The van der Waals surface area contributed by atoms with E-state index in [2.05, 4.69) is 32.6 Å². The Morgan fingerprint density at radius 2 is 1.23 bits per heavy atom. The van der Waals surface area contributed by atoms with E-state index in [4.69, 9.17) is 43.6 Å². The van der Waals surface area contributed by atoms with Crippen molar-refractivity contribution >= 4 is 18.4 Å². The maximum atomic E-state index is 8.47. The van der Waals surface area contributed by atoms with Crippen LogP contribution in [0.15, 0.2) is 0 Å². The molecule has 0 atom stereocenters. The maximum absolute atomic E-state index is 8.47. The molecule has 35 heavy (non-hydrogen) atoms. The van der Waals surface area contributed by atoms with Crippen LogP contribution in [-0.4, -0.2) is 88.2 Å². The third-order valence-corrected chi connectivity index (χ3v) is 4.19. The molecule has 0 unspecified atom stereocenters. The van der Waals surface area contributed by atoms with Crippen molar-refractivity contribution in [1.82, 2.24) is 20.4 Å². The van der Waals surface area contributed by atoms with Crippen LogP contribution in [0.1, 0.15) is 60.8 Å². The second kappa shape index (κ2) is 45.7. The van der Waals surface area contributed by atoms with Gasteiger partial charge in [-0.15, -0.1) is 11.6 Å². The Labute approximate surface area is 221 Å². The Morgan fingerprint density at radius 3 is 1.43 bits per heavy atom. The van der Waals surface area contributed by atoms with Crippen LogP contribution in [-0.2, 0) is 4.79 Å². The SMILES string of the molecule is C.C.C.C1CNCNC1.C=O.N#CCCCl.N#CCCN1CCCN(CCC#N)C1.NCCCN. The van der Waals surface area contributed by atoms with Gasteiger partial charge in [-0.3, -0.25) is 9.80 Å². The zero-order valence-electron chi connectivity index (χ0n) is 19.4. The molecule has 0 radical (unpaired) electrons. The molecule has 2 rings (SSSR count). The number of alkyl halides is 1. The number of carbonyl (C=O) groups excluding carboxylic acids is 1. The highest BCUT2D eigenvalue weighted by molar-refractivity contribution is 6.17. The van der Waals surface area contributed by atoms with Gasteiger partial charge in [-0.1, -0.05) is 22.3 Å².